The molecule has 168 valence electrons. The highest BCUT2D eigenvalue weighted by Gasteiger charge is 2.13. The minimum atomic E-state index is -0.330. The van der Waals surface area contributed by atoms with Crippen LogP contribution in [0.3, 0.4) is 0 Å². The van der Waals surface area contributed by atoms with Crippen LogP contribution >= 0.6 is 23.2 Å². The third-order valence-corrected chi connectivity index (χ3v) is 6.02. The van der Waals surface area contributed by atoms with Gasteiger partial charge in [-0.15, -0.1) is 0 Å². The van der Waals surface area contributed by atoms with Crippen LogP contribution in [0.25, 0.3) is 10.9 Å². The number of hydrogen-bond donors (Lipinski definition) is 2. The van der Waals surface area contributed by atoms with Crippen LogP contribution in [0.2, 0.25) is 10.0 Å². The van der Waals surface area contributed by atoms with E-state index < -0.39 is 0 Å². The molecule has 0 atom stereocenters. The lowest BCUT2D eigenvalue weighted by Crippen LogP contribution is -2.25. The fourth-order valence-electron chi connectivity index (χ4n) is 3.60. The average molecular weight is 483 g/mol. The molecule has 0 bridgehead atoms. The van der Waals surface area contributed by atoms with Crippen molar-refractivity contribution in [1.82, 2.24) is 9.99 Å². The number of halogens is 3. The number of nitrogens with one attached hydrogen (secondary N) is 2. The van der Waals surface area contributed by atoms with Gasteiger partial charge in [-0.05, 0) is 55.0 Å². The van der Waals surface area contributed by atoms with Crippen LogP contribution < -0.4 is 10.7 Å². The highest BCUT2D eigenvalue weighted by atomic mass is 35.5. The number of benzene rings is 3. The molecule has 8 heteroatoms. The monoisotopic (exact) mass is 482 g/mol. The number of para-hydroxylation sites is 1. The van der Waals surface area contributed by atoms with Crippen molar-refractivity contribution in [3.05, 3.63) is 99.4 Å². The molecule has 3 aromatic carbocycles. The summed E-state index contributed by atoms with van der Waals surface area (Å²) < 4.78 is 15.2. The molecule has 0 aliphatic heterocycles. The molecule has 4 rings (SSSR count). The molecule has 0 aliphatic rings. The number of aromatic nitrogens is 1. The van der Waals surface area contributed by atoms with E-state index in [1.54, 1.807) is 24.4 Å². The highest BCUT2D eigenvalue weighted by molar-refractivity contribution is 6.42. The number of hydrazone groups is 1. The topological polar surface area (TPSA) is 58.4 Å². The SMILES string of the molecule is Cc1c(/C=N\NC(=O)CNc2ccc(F)cc2)c2ccccc2n1Cc1ccc(Cl)c(Cl)c1. The van der Waals surface area contributed by atoms with Gasteiger partial charge in [-0.1, -0.05) is 47.5 Å². The van der Waals surface area contributed by atoms with E-state index in [2.05, 4.69) is 20.4 Å². The van der Waals surface area contributed by atoms with E-state index in [0.717, 1.165) is 27.7 Å². The predicted molar refractivity (Wildman–Crippen MR) is 133 cm³/mol. The van der Waals surface area contributed by atoms with Gasteiger partial charge in [-0.3, -0.25) is 4.79 Å². The lowest BCUT2D eigenvalue weighted by atomic mass is 10.1. The largest absolute Gasteiger partial charge is 0.376 e. The van der Waals surface area contributed by atoms with E-state index in [9.17, 15) is 9.18 Å². The maximum atomic E-state index is 13.0. The van der Waals surface area contributed by atoms with Crippen LogP contribution in [0, 0.1) is 12.7 Å². The van der Waals surface area contributed by atoms with Crippen molar-refractivity contribution in [1.29, 1.82) is 0 Å². The molecule has 0 unspecified atom stereocenters. The lowest BCUT2D eigenvalue weighted by molar-refractivity contribution is -0.119. The summed E-state index contributed by atoms with van der Waals surface area (Å²) in [6.07, 6.45) is 1.65. The molecule has 0 saturated carbocycles. The summed E-state index contributed by atoms with van der Waals surface area (Å²) >= 11 is 12.2. The molecule has 2 N–H and O–H groups in total. The highest BCUT2D eigenvalue weighted by Crippen LogP contribution is 2.28. The Morgan fingerprint density at radius 2 is 1.82 bits per heavy atom. The first-order valence-corrected chi connectivity index (χ1v) is 11.0. The number of anilines is 1. The first-order chi connectivity index (χ1) is 15.9. The Hall–Kier alpha value is -3.35. The number of amides is 1. The molecular formula is C25H21Cl2FN4O. The predicted octanol–water partition coefficient (Wildman–Crippen LogP) is 6.01. The standard InChI is InChI=1S/C25H21Cl2FN4O/c1-16-21(13-30-31-25(33)14-29-19-9-7-18(28)8-10-19)20-4-2-3-5-24(20)32(16)15-17-6-11-22(26)23(27)12-17/h2-13,29H,14-15H2,1H3,(H,31,33)/b30-13-. The summed E-state index contributed by atoms with van der Waals surface area (Å²) in [7, 11) is 0. The minimum Gasteiger partial charge on any atom is -0.376 e. The Morgan fingerprint density at radius 3 is 2.58 bits per heavy atom. The maximum absolute atomic E-state index is 13.0. The van der Waals surface area contributed by atoms with Crippen LogP contribution in [-0.2, 0) is 11.3 Å². The average Bonchev–Trinajstić information content (AvgIpc) is 3.07. The zero-order valence-corrected chi connectivity index (χ0v) is 19.3. The Bertz CT molecular complexity index is 1330. The molecule has 4 aromatic rings. The van der Waals surface area contributed by atoms with Crippen molar-refractivity contribution in [2.75, 3.05) is 11.9 Å². The van der Waals surface area contributed by atoms with Gasteiger partial charge in [0.2, 0.25) is 0 Å². The van der Waals surface area contributed by atoms with E-state index in [4.69, 9.17) is 23.2 Å². The summed E-state index contributed by atoms with van der Waals surface area (Å²) in [6.45, 7) is 2.64. The third-order valence-electron chi connectivity index (χ3n) is 5.28. The number of rotatable bonds is 7. The molecule has 1 heterocycles. The smallest absolute Gasteiger partial charge is 0.259 e. The maximum Gasteiger partial charge on any atom is 0.259 e. The number of nitrogens with zero attached hydrogens (tertiary/aromatic N) is 2. The Morgan fingerprint density at radius 1 is 1.06 bits per heavy atom. The van der Waals surface area contributed by atoms with Gasteiger partial charge in [0.1, 0.15) is 5.82 Å². The van der Waals surface area contributed by atoms with Gasteiger partial charge in [0.25, 0.3) is 5.91 Å². The van der Waals surface area contributed by atoms with E-state index in [1.807, 2.05) is 43.3 Å². The van der Waals surface area contributed by atoms with Crippen molar-refractivity contribution < 1.29 is 9.18 Å². The van der Waals surface area contributed by atoms with Gasteiger partial charge in [-0.2, -0.15) is 5.10 Å². The van der Waals surface area contributed by atoms with Crippen molar-refractivity contribution in [2.45, 2.75) is 13.5 Å². The van der Waals surface area contributed by atoms with Gasteiger partial charge < -0.3 is 9.88 Å². The Kier molecular flexibility index (Phi) is 6.96. The molecule has 1 aromatic heterocycles. The van der Waals surface area contributed by atoms with Crippen molar-refractivity contribution in [3.63, 3.8) is 0 Å². The van der Waals surface area contributed by atoms with Gasteiger partial charge >= 0.3 is 0 Å². The summed E-state index contributed by atoms with van der Waals surface area (Å²) in [6, 6.07) is 19.4. The molecule has 33 heavy (non-hydrogen) atoms. The van der Waals surface area contributed by atoms with Crippen LogP contribution in [0.1, 0.15) is 16.8 Å². The summed E-state index contributed by atoms with van der Waals surface area (Å²) in [4.78, 5) is 12.1. The van der Waals surface area contributed by atoms with Crippen LogP contribution in [0.5, 0.6) is 0 Å². The molecule has 0 spiro atoms. The van der Waals surface area contributed by atoms with Crippen molar-refractivity contribution >= 4 is 51.9 Å². The fourth-order valence-corrected chi connectivity index (χ4v) is 3.92. The zero-order chi connectivity index (χ0) is 23.4. The minimum absolute atomic E-state index is 0.0149. The molecular weight excluding hydrogens is 462 g/mol. The zero-order valence-electron chi connectivity index (χ0n) is 17.8. The number of fused-ring (bicyclic) bond motifs is 1. The van der Waals surface area contributed by atoms with Crippen molar-refractivity contribution in [3.8, 4) is 0 Å². The molecule has 0 radical (unpaired) electrons. The summed E-state index contributed by atoms with van der Waals surface area (Å²) in [5.41, 5.74) is 7.17. The number of hydrogen-bond acceptors (Lipinski definition) is 3. The van der Waals surface area contributed by atoms with E-state index in [1.165, 1.54) is 12.1 Å². The van der Waals surface area contributed by atoms with E-state index in [-0.39, 0.29) is 18.3 Å². The second kappa shape index (κ2) is 10.1. The first kappa shape index (κ1) is 22.8. The molecule has 0 aliphatic carbocycles. The van der Waals surface area contributed by atoms with Gasteiger partial charge in [0.05, 0.1) is 22.8 Å². The van der Waals surface area contributed by atoms with Crippen molar-refractivity contribution in [2.24, 2.45) is 5.10 Å². The fraction of sp³-hybridized carbons (Fsp3) is 0.120. The Labute approximate surface area is 200 Å². The van der Waals surface area contributed by atoms with Crippen LogP contribution in [0.15, 0.2) is 71.8 Å². The molecule has 5 nitrogen and oxygen atoms in total. The number of carbonyl (C=O) groups excluding carboxylic acids is 1. The van der Waals surface area contributed by atoms with Crippen LogP contribution in [-0.4, -0.2) is 23.2 Å². The molecule has 0 fully saturated rings. The third kappa shape index (κ3) is 5.35. The van der Waals surface area contributed by atoms with E-state index in [0.29, 0.717) is 22.3 Å². The quantitative estimate of drug-likeness (QED) is 0.250. The van der Waals surface area contributed by atoms with Crippen LogP contribution in [0.4, 0.5) is 10.1 Å². The number of carbonyl (C=O) groups is 1. The second-order valence-corrected chi connectivity index (χ2v) is 8.32. The van der Waals surface area contributed by atoms with Gasteiger partial charge in [-0.25, -0.2) is 9.82 Å². The molecule has 1 amide bonds. The molecule has 0 saturated heterocycles. The van der Waals surface area contributed by atoms with Gasteiger partial charge in [0, 0.05) is 34.4 Å². The second-order valence-electron chi connectivity index (χ2n) is 7.50. The van der Waals surface area contributed by atoms with Gasteiger partial charge in [0.15, 0.2) is 0 Å². The summed E-state index contributed by atoms with van der Waals surface area (Å²) in [5.74, 6) is -0.643. The normalized spacial score (nSPS) is 11.3. The first-order valence-electron chi connectivity index (χ1n) is 10.3. The lowest BCUT2D eigenvalue weighted by Gasteiger charge is -2.09. The van der Waals surface area contributed by atoms with E-state index >= 15 is 0 Å². The summed E-state index contributed by atoms with van der Waals surface area (Å²) in [5, 5.41) is 9.13. The Balaban J connectivity index is 1.49.